The SMILES string of the molecule is C=C(C)OC(=O)OCCCCCCCCCCCC. The Hall–Kier alpha value is -0.990. The van der Waals surface area contributed by atoms with Crippen molar-refractivity contribution in [3.05, 3.63) is 12.3 Å². The maximum absolute atomic E-state index is 11.0. The number of ether oxygens (including phenoxy) is 2. The number of allylic oxidation sites excluding steroid dienone is 1. The Morgan fingerprint density at radius 3 is 1.84 bits per heavy atom. The highest BCUT2D eigenvalue weighted by atomic mass is 16.7. The highest BCUT2D eigenvalue weighted by Crippen LogP contribution is 2.10. The molecule has 0 saturated heterocycles. The van der Waals surface area contributed by atoms with Gasteiger partial charge in [-0.2, -0.15) is 0 Å². The zero-order chi connectivity index (χ0) is 14.3. The number of rotatable bonds is 12. The highest BCUT2D eigenvalue weighted by molar-refractivity contribution is 5.61. The van der Waals surface area contributed by atoms with Crippen molar-refractivity contribution in [2.75, 3.05) is 6.61 Å². The van der Waals surface area contributed by atoms with Crippen LogP contribution in [0.2, 0.25) is 0 Å². The summed E-state index contributed by atoms with van der Waals surface area (Å²) in [4.78, 5) is 11.0. The van der Waals surface area contributed by atoms with Crippen molar-refractivity contribution in [3.8, 4) is 0 Å². The zero-order valence-corrected chi connectivity index (χ0v) is 12.7. The molecule has 0 bridgehead atoms. The number of unbranched alkanes of at least 4 members (excludes halogenated alkanes) is 9. The Morgan fingerprint density at radius 2 is 1.37 bits per heavy atom. The van der Waals surface area contributed by atoms with Gasteiger partial charge in [0, 0.05) is 0 Å². The first-order valence-electron chi connectivity index (χ1n) is 7.67. The van der Waals surface area contributed by atoms with Gasteiger partial charge in [-0.3, -0.25) is 0 Å². The quantitative estimate of drug-likeness (QED) is 0.263. The van der Waals surface area contributed by atoms with Crippen LogP contribution in [0.15, 0.2) is 12.3 Å². The van der Waals surface area contributed by atoms with Gasteiger partial charge in [-0.15, -0.1) is 0 Å². The molecule has 0 aromatic rings. The largest absolute Gasteiger partial charge is 0.513 e. The van der Waals surface area contributed by atoms with E-state index in [1.54, 1.807) is 6.92 Å². The van der Waals surface area contributed by atoms with E-state index in [1.807, 2.05) is 0 Å². The van der Waals surface area contributed by atoms with E-state index in [0.29, 0.717) is 12.4 Å². The van der Waals surface area contributed by atoms with Gasteiger partial charge >= 0.3 is 6.16 Å². The van der Waals surface area contributed by atoms with Crippen LogP contribution < -0.4 is 0 Å². The van der Waals surface area contributed by atoms with Crippen molar-refractivity contribution in [1.29, 1.82) is 0 Å². The van der Waals surface area contributed by atoms with Crippen molar-refractivity contribution >= 4 is 6.16 Å². The van der Waals surface area contributed by atoms with E-state index < -0.39 is 6.16 Å². The van der Waals surface area contributed by atoms with E-state index in [-0.39, 0.29) is 0 Å². The van der Waals surface area contributed by atoms with E-state index >= 15 is 0 Å². The summed E-state index contributed by atoms with van der Waals surface area (Å²) in [5, 5.41) is 0. The van der Waals surface area contributed by atoms with Gasteiger partial charge in [-0.1, -0.05) is 71.3 Å². The van der Waals surface area contributed by atoms with E-state index in [1.165, 1.54) is 51.4 Å². The molecule has 0 radical (unpaired) electrons. The van der Waals surface area contributed by atoms with E-state index in [4.69, 9.17) is 4.74 Å². The molecule has 0 amide bonds. The summed E-state index contributed by atoms with van der Waals surface area (Å²) < 4.78 is 9.59. The summed E-state index contributed by atoms with van der Waals surface area (Å²) in [7, 11) is 0. The molecule has 0 aliphatic heterocycles. The Labute approximate surface area is 118 Å². The predicted octanol–water partition coefficient (Wildman–Crippen LogP) is 5.59. The molecule has 0 N–H and O–H groups in total. The van der Waals surface area contributed by atoms with Gasteiger partial charge < -0.3 is 9.47 Å². The number of hydrogen-bond acceptors (Lipinski definition) is 3. The van der Waals surface area contributed by atoms with Crippen LogP contribution in [0.4, 0.5) is 4.79 Å². The van der Waals surface area contributed by atoms with Crippen molar-refractivity contribution in [2.45, 2.75) is 78.1 Å². The lowest BCUT2D eigenvalue weighted by molar-refractivity contribution is 0.0763. The van der Waals surface area contributed by atoms with Crippen LogP contribution in [0.25, 0.3) is 0 Å². The molecule has 0 aliphatic carbocycles. The number of carbonyl (C=O) groups excluding carboxylic acids is 1. The van der Waals surface area contributed by atoms with Gasteiger partial charge in [0.2, 0.25) is 0 Å². The predicted molar refractivity (Wildman–Crippen MR) is 79.1 cm³/mol. The monoisotopic (exact) mass is 270 g/mol. The molecule has 0 saturated carbocycles. The Balaban J connectivity index is 3.10. The molecule has 3 heteroatoms. The third-order valence-corrected chi connectivity index (χ3v) is 2.98. The minimum absolute atomic E-state index is 0.369. The van der Waals surface area contributed by atoms with Gasteiger partial charge in [0.15, 0.2) is 0 Å². The van der Waals surface area contributed by atoms with Crippen LogP contribution in [-0.4, -0.2) is 12.8 Å². The summed E-state index contributed by atoms with van der Waals surface area (Å²) in [5.41, 5.74) is 0. The first-order chi connectivity index (χ1) is 9.16. The van der Waals surface area contributed by atoms with Crippen molar-refractivity contribution in [1.82, 2.24) is 0 Å². The maximum Gasteiger partial charge on any atom is 0.513 e. The summed E-state index contributed by atoms with van der Waals surface area (Å²) in [5.74, 6) is 0.369. The molecule has 0 fully saturated rings. The van der Waals surface area contributed by atoms with Crippen LogP contribution in [0, 0.1) is 0 Å². The lowest BCUT2D eigenvalue weighted by Crippen LogP contribution is -2.06. The fourth-order valence-electron chi connectivity index (χ4n) is 1.92. The second kappa shape index (κ2) is 13.4. The van der Waals surface area contributed by atoms with Gasteiger partial charge in [-0.05, 0) is 13.3 Å². The molecule has 0 aliphatic rings. The van der Waals surface area contributed by atoms with Crippen LogP contribution >= 0.6 is 0 Å². The van der Waals surface area contributed by atoms with Crippen LogP contribution in [0.3, 0.4) is 0 Å². The average molecular weight is 270 g/mol. The minimum Gasteiger partial charge on any atom is -0.434 e. The Bertz CT molecular complexity index is 236. The van der Waals surface area contributed by atoms with Crippen LogP contribution in [0.1, 0.15) is 78.1 Å². The fourth-order valence-corrected chi connectivity index (χ4v) is 1.92. The molecule has 0 heterocycles. The van der Waals surface area contributed by atoms with E-state index in [2.05, 4.69) is 18.2 Å². The van der Waals surface area contributed by atoms with Crippen molar-refractivity contribution < 1.29 is 14.3 Å². The molecule has 19 heavy (non-hydrogen) atoms. The van der Waals surface area contributed by atoms with E-state index in [0.717, 1.165) is 12.8 Å². The second-order valence-electron chi connectivity index (χ2n) is 5.08. The Morgan fingerprint density at radius 1 is 0.895 bits per heavy atom. The first kappa shape index (κ1) is 18.0. The molecular weight excluding hydrogens is 240 g/mol. The topological polar surface area (TPSA) is 35.5 Å². The molecule has 0 aromatic carbocycles. The van der Waals surface area contributed by atoms with Gasteiger partial charge in [0.25, 0.3) is 0 Å². The summed E-state index contributed by atoms with van der Waals surface area (Å²) >= 11 is 0. The minimum atomic E-state index is -0.636. The van der Waals surface area contributed by atoms with Gasteiger partial charge in [-0.25, -0.2) is 4.79 Å². The normalized spacial score (nSPS) is 10.2. The molecular formula is C16H30O3. The second-order valence-corrected chi connectivity index (χ2v) is 5.08. The van der Waals surface area contributed by atoms with Crippen LogP contribution in [0.5, 0.6) is 0 Å². The molecule has 0 rings (SSSR count). The summed E-state index contributed by atoms with van der Waals surface area (Å²) in [6.45, 7) is 7.79. The fraction of sp³-hybridized carbons (Fsp3) is 0.812. The smallest absolute Gasteiger partial charge is 0.434 e. The number of hydrogen-bond donors (Lipinski definition) is 0. The van der Waals surface area contributed by atoms with Crippen molar-refractivity contribution in [2.24, 2.45) is 0 Å². The molecule has 0 atom stereocenters. The third kappa shape index (κ3) is 15.0. The average Bonchev–Trinajstić information content (AvgIpc) is 2.35. The molecule has 0 spiro atoms. The molecule has 0 aromatic heterocycles. The lowest BCUT2D eigenvalue weighted by atomic mass is 10.1. The number of carbonyl (C=O) groups is 1. The van der Waals surface area contributed by atoms with Crippen LogP contribution in [-0.2, 0) is 9.47 Å². The maximum atomic E-state index is 11.0. The zero-order valence-electron chi connectivity index (χ0n) is 12.7. The summed E-state index contributed by atoms with van der Waals surface area (Å²) in [6, 6.07) is 0. The Kier molecular flexibility index (Phi) is 12.7. The molecule has 0 unspecified atom stereocenters. The molecule has 3 nitrogen and oxygen atoms in total. The molecule has 112 valence electrons. The summed E-state index contributed by atoms with van der Waals surface area (Å²) in [6.07, 6.45) is 12.1. The lowest BCUT2D eigenvalue weighted by Gasteiger charge is -2.05. The van der Waals surface area contributed by atoms with E-state index in [9.17, 15) is 4.79 Å². The third-order valence-electron chi connectivity index (χ3n) is 2.98. The van der Waals surface area contributed by atoms with Crippen molar-refractivity contribution in [3.63, 3.8) is 0 Å². The van der Waals surface area contributed by atoms with Gasteiger partial charge in [0.05, 0.1) is 6.61 Å². The highest BCUT2D eigenvalue weighted by Gasteiger charge is 2.02. The standard InChI is InChI=1S/C16H30O3/c1-4-5-6-7-8-9-10-11-12-13-14-18-16(17)19-15(2)3/h2,4-14H2,1,3H3. The first-order valence-corrected chi connectivity index (χ1v) is 7.67. The van der Waals surface area contributed by atoms with Gasteiger partial charge in [0.1, 0.15) is 5.76 Å².